The van der Waals surface area contributed by atoms with Crippen LogP contribution in [-0.4, -0.2) is 21.9 Å². The number of aromatic nitrogens is 2. The summed E-state index contributed by atoms with van der Waals surface area (Å²) in [6.45, 7) is 0.605. The van der Waals surface area contributed by atoms with Gasteiger partial charge in [0.15, 0.2) is 0 Å². The van der Waals surface area contributed by atoms with Gasteiger partial charge in [0, 0.05) is 12.4 Å². The third kappa shape index (κ3) is 0.586. The van der Waals surface area contributed by atoms with E-state index in [9.17, 15) is 4.79 Å². The van der Waals surface area contributed by atoms with Gasteiger partial charge in [0.05, 0.1) is 6.54 Å². The van der Waals surface area contributed by atoms with Crippen molar-refractivity contribution in [2.24, 2.45) is 4.99 Å². The molecule has 0 N–H and O–H groups in total. The molecule has 0 fully saturated rings. The molecule has 50 valence electrons. The van der Waals surface area contributed by atoms with Crippen LogP contribution in [-0.2, 0) is 6.54 Å². The maximum atomic E-state index is 10.9. The van der Waals surface area contributed by atoms with Gasteiger partial charge in [-0.3, -0.25) is 9.48 Å². The fraction of sp³-hybridized carbons (Fsp3) is 0.167. The van der Waals surface area contributed by atoms with Crippen LogP contribution in [0.4, 0.5) is 0 Å². The van der Waals surface area contributed by atoms with Gasteiger partial charge in [-0.25, -0.2) is 4.99 Å². The monoisotopic (exact) mass is 135 g/mol. The minimum absolute atomic E-state index is 0.205. The van der Waals surface area contributed by atoms with Crippen molar-refractivity contribution in [3.05, 3.63) is 18.0 Å². The van der Waals surface area contributed by atoms with Gasteiger partial charge in [-0.05, 0) is 6.07 Å². The van der Waals surface area contributed by atoms with Crippen LogP contribution in [0, 0.1) is 0 Å². The van der Waals surface area contributed by atoms with Crippen molar-refractivity contribution in [3.8, 4) is 0 Å². The molecule has 1 amide bonds. The first-order chi connectivity index (χ1) is 4.88. The molecule has 0 bridgehead atoms. The first-order valence-corrected chi connectivity index (χ1v) is 2.96. The Morgan fingerprint density at radius 3 is 3.30 bits per heavy atom. The highest BCUT2D eigenvalue weighted by Crippen LogP contribution is 2.03. The van der Waals surface area contributed by atoms with Gasteiger partial charge < -0.3 is 0 Å². The molecule has 2 rings (SSSR count). The number of hydrogen-bond donors (Lipinski definition) is 0. The molecule has 0 aromatic carbocycles. The summed E-state index contributed by atoms with van der Waals surface area (Å²) in [4.78, 5) is 14.5. The van der Waals surface area contributed by atoms with E-state index < -0.39 is 0 Å². The molecule has 4 heteroatoms. The molecule has 1 aliphatic rings. The highest BCUT2D eigenvalue weighted by atomic mass is 16.1. The van der Waals surface area contributed by atoms with Crippen molar-refractivity contribution in [1.29, 1.82) is 0 Å². The van der Waals surface area contributed by atoms with Crippen LogP contribution in [0.15, 0.2) is 17.3 Å². The lowest BCUT2D eigenvalue weighted by molar-refractivity contribution is 0.0990. The molecule has 4 nitrogen and oxygen atoms in total. The Morgan fingerprint density at radius 2 is 2.50 bits per heavy atom. The average molecular weight is 135 g/mol. The van der Waals surface area contributed by atoms with Crippen LogP contribution in [0.2, 0.25) is 0 Å². The smallest absolute Gasteiger partial charge is 0.265 e. The Labute approximate surface area is 57.2 Å². The second kappa shape index (κ2) is 1.76. The van der Waals surface area contributed by atoms with Crippen LogP contribution < -0.4 is 0 Å². The molecule has 0 saturated carbocycles. The average Bonchev–Trinajstić information content (AvgIpc) is 2.36. The summed E-state index contributed by atoms with van der Waals surface area (Å²) >= 11 is 0. The largest absolute Gasteiger partial charge is 0.294 e. The predicted molar refractivity (Wildman–Crippen MR) is 35.0 cm³/mol. The molecule has 0 saturated heterocycles. The predicted octanol–water partition coefficient (Wildman–Crippen LogP) is 0.108. The maximum absolute atomic E-state index is 10.9. The first kappa shape index (κ1) is 5.34. The zero-order chi connectivity index (χ0) is 6.97. The first-order valence-electron chi connectivity index (χ1n) is 2.96. The molecule has 10 heavy (non-hydrogen) atoms. The van der Waals surface area contributed by atoms with Gasteiger partial charge >= 0.3 is 0 Å². The molecular weight excluding hydrogens is 130 g/mol. The number of amides is 1. The van der Waals surface area contributed by atoms with E-state index in [1.165, 1.54) is 0 Å². The van der Waals surface area contributed by atoms with Crippen molar-refractivity contribution in [2.45, 2.75) is 6.54 Å². The fourth-order valence-electron chi connectivity index (χ4n) is 0.927. The Morgan fingerprint density at radius 1 is 1.60 bits per heavy atom. The van der Waals surface area contributed by atoms with E-state index in [1.807, 2.05) is 0 Å². The van der Waals surface area contributed by atoms with E-state index in [1.54, 1.807) is 23.2 Å². The third-order valence-corrected chi connectivity index (χ3v) is 1.40. The highest BCUT2D eigenvalue weighted by Gasteiger charge is 2.12. The zero-order valence-corrected chi connectivity index (χ0v) is 5.19. The molecule has 2 heterocycles. The summed E-state index contributed by atoms with van der Waals surface area (Å²) < 4.78 is 1.62. The minimum Gasteiger partial charge on any atom is -0.265 e. The fourth-order valence-corrected chi connectivity index (χ4v) is 0.927. The quantitative estimate of drug-likeness (QED) is 0.506. The Kier molecular flexibility index (Phi) is 0.943. The molecule has 0 radical (unpaired) electrons. The van der Waals surface area contributed by atoms with Gasteiger partial charge in [-0.2, -0.15) is 5.10 Å². The lowest BCUT2D eigenvalue weighted by atomic mass is 10.4. The van der Waals surface area contributed by atoms with E-state index >= 15 is 0 Å². The number of nitrogens with zero attached hydrogens (tertiary/aromatic N) is 3. The number of carbonyl (C=O) groups excluding carboxylic acids is 1. The van der Waals surface area contributed by atoms with Crippen molar-refractivity contribution < 1.29 is 4.79 Å². The van der Waals surface area contributed by atoms with Gasteiger partial charge in [0.1, 0.15) is 5.69 Å². The van der Waals surface area contributed by atoms with Crippen LogP contribution in [0.1, 0.15) is 10.5 Å². The highest BCUT2D eigenvalue weighted by molar-refractivity contribution is 5.99. The lowest BCUT2D eigenvalue weighted by Gasteiger charge is -2.03. The molecule has 1 aliphatic heterocycles. The van der Waals surface area contributed by atoms with E-state index in [-0.39, 0.29) is 5.91 Å². The normalized spacial score (nSPS) is 15.4. The van der Waals surface area contributed by atoms with Gasteiger partial charge in [0.25, 0.3) is 5.91 Å². The summed E-state index contributed by atoms with van der Waals surface area (Å²) in [5.41, 5.74) is 0.572. The maximum Gasteiger partial charge on any atom is 0.294 e. The van der Waals surface area contributed by atoms with Crippen LogP contribution >= 0.6 is 0 Å². The van der Waals surface area contributed by atoms with E-state index in [0.717, 1.165) is 0 Å². The van der Waals surface area contributed by atoms with Gasteiger partial charge in [-0.1, -0.05) is 0 Å². The van der Waals surface area contributed by atoms with Crippen LogP contribution in [0.25, 0.3) is 0 Å². The number of hydrogen-bond acceptors (Lipinski definition) is 2. The number of rotatable bonds is 0. The summed E-state index contributed by atoms with van der Waals surface area (Å²) in [5, 5.41) is 3.91. The topological polar surface area (TPSA) is 47.2 Å². The summed E-state index contributed by atoms with van der Waals surface area (Å²) in [7, 11) is 0. The van der Waals surface area contributed by atoms with Crippen molar-refractivity contribution in [2.75, 3.05) is 0 Å². The molecule has 1 aromatic rings. The van der Waals surface area contributed by atoms with E-state index in [0.29, 0.717) is 12.2 Å². The van der Waals surface area contributed by atoms with Crippen LogP contribution in [0.5, 0.6) is 0 Å². The van der Waals surface area contributed by atoms with E-state index in [4.69, 9.17) is 0 Å². The van der Waals surface area contributed by atoms with Gasteiger partial charge in [0.2, 0.25) is 0 Å². The van der Waals surface area contributed by atoms with Crippen LogP contribution in [0.3, 0.4) is 0 Å². The molecule has 0 unspecified atom stereocenters. The summed E-state index contributed by atoms with van der Waals surface area (Å²) in [6, 6.07) is 1.67. The minimum atomic E-state index is -0.205. The second-order valence-electron chi connectivity index (χ2n) is 2.02. The van der Waals surface area contributed by atoms with Crippen molar-refractivity contribution in [1.82, 2.24) is 9.78 Å². The SMILES string of the molecule is O=C1N=CCn2nccc21. The molecule has 0 atom stereocenters. The summed E-state index contributed by atoms with van der Waals surface area (Å²) in [5.74, 6) is -0.205. The Hall–Kier alpha value is -1.45. The van der Waals surface area contributed by atoms with Crippen molar-refractivity contribution in [3.63, 3.8) is 0 Å². The molecular formula is C6H5N3O. The van der Waals surface area contributed by atoms with Gasteiger partial charge in [-0.15, -0.1) is 0 Å². The Balaban J connectivity index is 2.58. The molecule has 0 spiro atoms. The van der Waals surface area contributed by atoms with E-state index in [2.05, 4.69) is 10.1 Å². The summed E-state index contributed by atoms with van der Waals surface area (Å²) in [6.07, 6.45) is 3.16. The number of fused-ring (bicyclic) bond motifs is 1. The molecule has 1 aromatic heterocycles. The lowest BCUT2D eigenvalue weighted by Crippen LogP contribution is -2.15. The molecule has 0 aliphatic carbocycles. The third-order valence-electron chi connectivity index (χ3n) is 1.40. The Bertz CT molecular complexity index is 300. The standard InChI is InChI=1S/C6H5N3O/c10-6-5-1-2-8-9(5)4-3-7-6/h1-3H,4H2. The van der Waals surface area contributed by atoms with Crippen molar-refractivity contribution >= 4 is 12.1 Å². The second-order valence-corrected chi connectivity index (χ2v) is 2.02. The number of aliphatic imine (C=N–C) groups is 1. The zero-order valence-electron chi connectivity index (χ0n) is 5.19. The number of carbonyl (C=O) groups is 1.